The fraction of sp³-hybridized carbons (Fsp3) is 0.0204. The van der Waals surface area contributed by atoms with Crippen molar-refractivity contribution in [3.8, 4) is 33.8 Å². The number of hydrogen-bond acceptors (Lipinski definition) is 3. The maximum absolute atomic E-state index is 6.42. The second-order valence-electron chi connectivity index (χ2n) is 13.7. The van der Waals surface area contributed by atoms with Crippen molar-refractivity contribution in [1.29, 1.82) is 0 Å². The standard InChI is InChI=1S/C49H32N2O/c1-3-16-33(17-4-1)50(34-18-5-2-6-19-34)45-27-15-24-41-48(45)38-21-8-10-23-40(38)49(41)39-22-9-7-20-36(39)37-31-30-35(32-42(37)49)51-43-25-11-13-28-46(43)52-47-29-14-12-26-44(47)51/h1-32H. The molecule has 8 aromatic carbocycles. The van der Waals surface area contributed by atoms with Gasteiger partial charge in [0.15, 0.2) is 11.5 Å². The largest absolute Gasteiger partial charge is 0.453 e. The Morgan fingerprint density at radius 3 is 1.60 bits per heavy atom. The van der Waals surface area contributed by atoms with Crippen LogP contribution in [0.15, 0.2) is 194 Å². The molecular formula is C49H32N2O. The lowest BCUT2D eigenvalue weighted by molar-refractivity contribution is 0.477. The molecule has 0 bridgehead atoms. The fourth-order valence-corrected chi connectivity index (χ4v) is 9.05. The molecule has 1 atom stereocenters. The lowest BCUT2D eigenvalue weighted by atomic mass is 9.70. The third-order valence-electron chi connectivity index (χ3n) is 11.0. The molecule has 0 saturated carbocycles. The van der Waals surface area contributed by atoms with Gasteiger partial charge in [0.1, 0.15) is 0 Å². The minimum atomic E-state index is -0.520. The topological polar surface area (TPSA) is 15.7 Å². The molecule has 0 aromatic heterocycles. The van der Waals surface area contributed by atoms with Crippen LogP contribution in [0.1, 0.15) is 22.3 Å². The highest BCUT2D eigenvalue weighted by atomic mass is 16.5. The summed E-state index contributed by atoms with van der Waals surface area (Å²) in [5.41, 5.74) is 16.4. The molecular weight excluding hydrogens is 633 g/mol. The smallest absolute Gasteiger partial charge is 0.151 e. The first-order chi connectivity index (χ1) is 25.8. The zero-order chi connectivity index (χ0) is 34.2. The van der Waals surface area contributed by atoms with Crippen LogP contribution in [-0.4, -0.2) is 0 Å². The second kappa shape index (κ2) is 11.1. The lowest BCUT2D eigenvalue weighted by Crippen LogP contribution is -2.26. The van der Waals surface area contributed by atoms with Gasteiger partial charge in [0.05, 0.1) is 22.5 Å². The summed E-state index contributed by atoms with van der Waals surface area (Å²) in [4.78, 5) is 4.77. The third-order valence-corrected chi connectivity index (χ3v) is 11.0. The number of anilines is 6. The molecule has 3 aliphatic rings. The van der Waals surface area contributed by atoms with Crippen molar-refractivity contribution >= 4 is 34.1 Å². The molecule has 1 spiro atoms. The van der Waals surface area contributed by atoms with Crippen molar-refractivity contribution in [2.24, 2.45) is 0 Å². The monoisotopic (exact) mass is 664 g/mol. The molecule has 0 amide bonds. The van der Waals surface area contributed by atoms with Gasteiger partial charge in [-0.05, 0) is 106 Å². The van der Waals surface area contributed by atoms with Crippen LogP contribution in [0.25, 0.3) is 22.3 Å². The summed E-state index contributed by atoms with van der Waals surface area (Å²) in [7, 11) is 0. The summed E-state index contributed by atoms with van der Waals surface area (Å²) in [6.07, 6.45) is 0. The summed E-state index contributed by atoms with van der Waals surface area (Å²) >= 11 is 0. The van der Waals surface area contributed by atoms with Crippen LogP contribution in [-0.2, 0) is 5.41 Å². The first-order valence-corrected chi connectivity index (χ1v) is 17.9. The average Bonchev–Trinajstić information content (AvgIpc) is 3.68. The van der Waals surface area contributed by atoms with Crippen molar-refractivity contribution in [2.75, 3.05) is 9.80 Å². The van der Waals surface area contributed by atoms with E-state index < -0.39 is 5.41 Å². The minimum absolute atomic E-state index is 0.520. The van der Waals surface area contributed by atoms with E-state index in [0.29, 0.717) is 0 Å². The molecule has 0 N–H and O–H groups in total. The van der Waals surface area contributed by atoms with Gasteiger partial charge in [-0.15, -0.1) is 0 Å². The molecule has 8 aromatic rings. The summed E-state index contributed by atoms with van der Waals surface area (Å²) in [6.45, 7) is 0. The molecule has 0 fully saturated rings. The molecule has 11 rings (SSSR count). The zero-order valence-electron chi connectivity index (χ0n) is 28.3. The van der Waals surface area contributed by atoms with Gasteiger partial charge in [-0.25, -0.2) is 0 Å². The van der Waals surface area contributed by atoms with Crippen LogP contribution in [0.2, 0.25) is 0 Å². The number of rotatable bonds is 4. The van der Waals surface area contributed by atoms with Crippen molar-refractivity contribution in [3.05, 3.63) is 216 Å². The Morgan fingerprint density at radius 2 is 0.923 bits per heavy atom. The molecule has 1 heterocycles. The number of benzene rings is 8. The van der Waals surface area contributed by atoms with Crippen LogP contribution < -0.4 is 14.5 Å². The quantitative estimate of drug-likeness (QED) is 0.186. The number of ether oxygens (including phenoxy) is 1. The van der Waals surface area contributed by atoms with Crippen LogP contribution in [0, 0.1) is 0 Å². The van der Waals surface area contributed by atoms with Crippen molar-refractivity contribution in [1.82, 2.24) is 0 Å². The third kappa shape index (κ3) is 3.91. The maximum atomic E-state index is 6.42. The van der Waals surface area contributed by atoms with E-state index in [4.69, 9.17) is 4.74 Å². The number of para-hydroxylation sites is 6. The fourth-order valence-electron chi connectivity index (χ4n) is 9.05. The Hall–Kier alpha value is -6.84. The van der Waals surface area contributed by atoms with Gasteiger partial charge < -0.3 is 14.5 Å². The zero-order valence-corrected chi connectivity index (χ0v) is 28.3. The summed E-state index contributed by atoms with van der Waals surface area (Å²) in [6, 6.07) is 70.2. The Morgan fingerprint density at radius 1 is 0.404 bits per heavy atom. The number of hydrogen-bond donors (Lipinski definition) is 0. The van der Waals surface area contributed by atoms with Gasteiger partial charge in [0.25, 0.3) is 0 Å². The lowest BCUT2D eigenvalue weighted by Gasteiger charge is -2.35. The molecule has 0 radical (unpaired) electrons. The van der Waals surface area contributed by atoms with E-state index in [2.05, 4.69) is 192 Å². The Kier molecular flexibility index (Phi) is 6.17. The van der Waals surface area contributed by atoms with Gasteiger partial charge >= 0.3 is 0 Å². The van der Waals surface area contributed by atoms with Gasteiger partial charge in [0, 0.05) is 22.6 Å². The molecule has 0 saturated heterocycles. The van der Waals surface area contributed by atoms with E-state index in [0.717, 1.165) is 45.6 Å². The van der Waals surface area contributed by atoms with Crippen LogP contribution in [0.5, 0.6) is 11.5 Å². The predicted molar refractivity (Wildman–Crippen MR) is 212 cm³/mol. The van der Waals surface area contributed by atoms with E-state index in [1.54, 1.807) is 0 Å². The van der Waals surface area contributed by atoms with Crippen LogP contribution in [0.3, 0.4) is 0 Å². The van der Waals surface area contributed by atoms with E-state index in [9.17, 15) is 0 Å². The van der Waals surface area contributed by atoms with Crippen molar-refractivity contribution in [3.63, 3.8) is 0 Å². The molecule has 3 heteroatoms. The van der Waals surface area contributed by atoms with Crippen molar-refractivity contribution in [2.45, 2.75) is 5.41 Å². The van der Waals surface area contributed by atoms with E-state index >= 15 is 0 Å². The van der Waals surface area contributed by atoms with Gasteiger partial charge in [-0.2, -0.15) is 0 Å². The van der Waals surface area contributed by atoms with E-state index in [1.165, 1.54) is 44.5 Å². The summed E-state index contributed by atoms with van der Waals surface area (Å²) < 4.78 is 6.42. The average molecular weight is 665 g/mol. The predicted octanol–water partition coefficient (Wildman–Crippen LogP) is 13.1. The molecule has 1 aliphatic heterocycles. The summed E-state index contributed by atoms with van der Waals surface area (Å²) in [5, 5.41) is 0. The van der Waals surface area contributed by atoms with E-state index in [1.807, 2.05) is 12.1 Å². The van der Waals surface area contributed by atoms with Gasteiger partial charge in [0.2, 0.25) is 0 Å². The van der Waals surface area contributed by atoms with Gasteiger partial charge in [-0.1, -0.05) is 127 Å². The first-order valence-electron chi connectivity index (χ1n) is 17.9. The Bertz CT molecular complexity index is 2600. The first kappa shape index (κ1) is 28.9. The molecule has 2 aliphatic carbocycles. The highest BCUT2D eigenvalue weighted by molar-refractivity contribution is 6.02. The number of fused-ring (bicyclic) bond motifs is 12. The molecule has 244 valence electrons. The van der Waals surface area contributed by atoms with Crippen molar-refractivity contribution < 1.29 is 4.74 Å². The Labute approximate surface area is 303 Å². The normalized spacial score (nSPS) is 15.5. The van der Waals surface area contributed by atoms with E-state index in [-0.39, 0.29) is 0 Å². The highest BCUT2D eigenvalue weighted by Gasteiger charge is 2.52. The van der Waals surface area contributed by atoms with Crippen LogP contribution in [0.4, 0.5) is 34.1 Å². The number of nitrogens with zero attached hydrogens (tertiary/aromatic N) is 2. The Balaban J connectivity index is 1.21. The van der Waals surface area contributed by atoms with Crippen LogP contribution >= 0.6 is 0 Å². The maximum Gasteiger partial charge on any atom is 0.151 e. The van der Waals surface area contributed by atoms with Gasteiger partial charge in [-0.3, -0.25) is 0 Å². The minimum Gasteiger partial charge on any atom is -0.453 e. The molecule has 52 heavy (non-hydrogen) atoms. The molecule has 3 nitrogen and oxygen atoms in total. The summed E-state index contributed by atoms with van der Waals surface area (Å²) in [5.74, 6) is 1.70. The highest BCUT2D eigenvalue weighted by Crippen LogP contribution is 2.65. The second-order valence-corrected chi connectivity index (χ2v) is 13.7. The SMILES string of the molecule is c1ccc(N(c2ccccc2)c2cccc3c2-c2ccccc2C32c3ccccc3-c3ccc(N4c5ccccc5Oc5ccccc54)cc32)cc1. The molecule has 1 unspecified atom stereocenters.